The first kappa shape index (κ1) is 9.31. The van der Waals surface area contributed by atoms with E-state index in [0.717, 1.165) is 14.3 Å². The Kier molecular flexibility index (Phi) is 2.49. The van der Waals surface area contributed by atoms with Gasteiger partial charge < -0.3 is 0 Å². The van der Waals surface area contributed by atoms with Crippen LogP contribution in [0.25, 0.3) is 10.1 Å². The zero-order valence-corrected chi connectivity index (χ0v) is 9.02. The average Bonchev–Trinajstić information content (AvgIpc) is 2.42. The molecule has 68 valence electrons. The van der Waals surface area contributed by atoms with Crippen molar-refractivity contribution in [1.29, 1.82) is 0 Å². The second-order valence-corrected chi connectivity index (χ2v) is 4.84. The monoisotopic (exact) mass is 232 g/mol. The summed E-state index contributed by atoms with van der Waals surface area (Å²) in [6.07, 6.45) is 0. The number of thiophene rings is 1. The van der Waals surface area contributed by atoms with Crippen LogP contribution < -0.4 is 0 Å². The number of alkyl halides is 1. The number of hydrogen-bond acceptors (Lipinski definition) is 2. The fourth-order valence-electron chi connectivity index (χ4n) is 1.19. The fraction of sp³-hybridized carbons (Fsp3) is 0.111. The van der Waals surface area contributed by atoms with Crippen molar-refractivity contribution >= 4 is 45.7 Å². The summed E-state index contributed by atoms with van der Waals surface area (Å²) in [5.41, 5.74) is 0.546. The molecule has 0 saturated heterocycles. The van der Waals surface area contributed by atoms with Crippen LogP contribution in [-0.2, 0) is 5.88 Å². The third-order valence-electron chi connectivity index (χ3n) is 1.82. The molecule has 0 atom stereocenters. The Morgan fingerprint density at radius 3 is 2.85 bits per heavy atom. The van der Waals surface area contributed by atoms with E-state index < -0.39 is 0 Å². The standard InChI is InChI=1S/C9H6ClFS2/c10-4-6-2-8-5(1-7(6)11)3-9(12)13-8/h1-3,12H,4H2. The molecule has 2 rings (SSSR count). The second kappa shape index (κ2) is 3.48. The minimum absolute atomic E-state index is 0.210. The van der Waals surface area contributed by atoms with E-state index in [4.69, 9.17) is 11.6 Å². The summed E-state index contributed by atoms with van der Waals surface area (Å²) in [5.74, 6) is -0.0321. The van der Waals surface area contributed by atoms with E-state index in [9.17, 15) is 4.39 Å². The fourth-order valence-corrected chi connectivity index (χ4v) is 2.68. The maximum absolute atomic E-state index is 13.2. The summed E-state index contributed by atoms with van der Waals surface area (Å²) in [6, 6.07) is 5.13. The third kappa shape index (κ3) is 1.68. The van der Waals surface area contributed by atoms with Gasteiger partial charge in [0.2, 0.25) is 0 Å². The SMILES string of the molecule is Fc1cc2cc(S)sc2cc1CCl. The van der Waals surface area contributed by atoms with Crippen LogP contribution in [0.4, 0.5) is 4.39 Å². The Bertz CT molecular complexity index is 450. The predicted octanol–water partition coefficient (Wildman–Crippen LogP) is 4.07. The first-order chi connectivity index (χ1) is 6.20. The van der Waals surface area contributed by atoms with Crippen LogP contribution in [0, 0.1) is 5.82 Å². The molecule has 1 aromatic heterocycles. The molecule has 0 unspecified atom stereocenters. The molecular formula is C9H6ClFS2. The van der Waals surface area contributed by atoms with Crippen LogP contribution in [0.1, 0.15) is 5.56 Å². The molecule has 0 fully saturated rings. The van der Waals surface area contributed by atoms with Crippen LogP contribution >= 0.6 is 35.6 Å². The highest BCUT2D eigenvalue weighted by Crippen LogP contribution is 2.30. The third-order valence-corrected chi connectivity index (χ3v) is 3.41. The maximum atomic E-state index is 13.2. The van der Waals surface area contributed by atoms with Crippen molar-refractivity contribution in [2.24, 2.45) is 0 Å². The molecule has 2 aromatic rings. The highest BCUT2D eigenvalue weighted by molar-refractivity contribution is 7.83. The lowest BCUT2D eigenvalue weighted by Crippen LogP contribution is -1.83. The van der Waals surface area contributed by atoms with E-state index in [1.165, 1.54) is 17.4 Å². The van der Waals surface area contributed by atoms with E-state index in [0.29, 0.717) is 5.56 Å². The smallest absolute Gasteiger partial charge is 0.128 e. The molecule has 13 heavy (non-hydrogen) atoms. The van der Waals surface area contributed by atoms with E-state index in [1.807, 2.05) is 6.07 Å². The molecule has 0 amide bonds. The van der Waals surface area contributed by atoms with Gasteiger partial charge in [-0.3, -0.25) is 0 Å². The molecular weight excluding hydrogens is 227 g/mol. The number of rotatable bonds is 1. The van der Waals surface area contributed by atoms with Gasteiger partial charge in [0, 0.05) is 10.3 Å². The Hall–Kier alpha value is -0.250. The minimum Gasteiger partial charge on any atom is -0.207 e. The number of fused-ring (bicyclic) bond motifs is 1. The summed E-state index contributed by atoms with van der Waals surface area (Å²) in [7, 11) is 0. The first-order valence-electron chi connectivity index (χ1n) is 3.67. The lowest BCUT2D eigenvalue weighted by atomic mass is 10.2. The average molecular weight is 233 g/mol. The van der Waals surface area contributed by atoms with E-state index >= 15 is 0 Å². The van der Waals surface area contributed by atoms with Crippen molar-refractivity contribution in [2.75, 3.05) is 0 Å². The van der Waals surface area contributed by atoms with Gasteiger partial charge in [0.1, 0.15) is 5.82 Å². The summed E-state index contributed by atoms with van der Waals surface area (Å²) in [4.78, 5) is 0. The van der Waals surface area contributed by atoms with E-state index in [2.05, 4.69) is 12.6 Å². The Balaban J connectivity index is 2.72. The van der Waals surface area contributed by atoms with Gasteiger partial charge in [-0.2, -0.15) is 0 Å². The molecule has 1 heterocycles. The Labute approximate surface area is 89.7 Å². The molecule has 0 bridgehead atoms. The van der Waals surface area contributed by atoms with Gasteiger partial charge in [0.25, 0.3) is 0 Å². The molecule has 0 saturated carbocycles. The summed E-state index contributed by atoms with van der Waals surface area (Å²) < 4.78 is 15.1. The van der Waals surface area contributed by atoms with Crippen molar-refractivity contribution in [2.45, 2.75) is 10.1 Å². The zero-order chi connectivity index (χ0) is 9.42. The summed E-state index contributed by atoms with van der Waals surface area (Å²) in [6.45, 7) is 0. The highest BCUT2D eigenvalue weighted by atomic mass is 35.5. The molecule has 0 nitrogen and oxygen atoms in total. The van der Waals surface area contributed by atoms with Gasteiger partial charge >= 0.3 is 0 Å². The molecule has 0 spiro atoms. The quantitative estimate of drug-likeness (QED) is 0.556. The summed E-state index contributed by atoms with van der Waals surface area (Å²) >= 11 is 11.3. The van der Waals surface area contributed by atoms with Gasteiger partial charge in [0.15, 0.2) is 0 Å². The van der Waals surface area contributed by atoms with Gasteiger partial charge in [-0.1, -0.05) is 0 Å². The predicted molar refractivity (Wildman–Crippen MR) is 58.6 cm³/mol. The molecule has 0 N–H and O–H groups in total. The van der Waals surface area contributed by atoms with Crippen molar-refractivity contribution in [3.05, 3.63) is 29.6 Å². The highest BCUT2D eigenvalue weighted by Gasteiger charge is 2.05. The molecule has 4 heteroatoms. The first-order valence-corrected chi connectivity index (χ1v) is 5.47. The van der Waals surface area contributed by atoms with Crippen molar-refractivity contribution in [3.63, 3.8) is 0 Å². The number of halogens is 2. The normalized spacial score (nSPS) is 11.0. The molecule has 0 aliphatic rings. The van der Waals surface area contributed by atoms with Gasteiger partial charge in [-0.25, -0.2) is 4.39 Å². The number of thiol groups is 1. The largest absolute Gasteiger partial charge is 0.207 e. The number of benzene rings is 1. The lowest BCUT2D eigenvalue weighted by molar-refractivity contribution is 0.619. The van der Waals surface area contributed by atoms with Crippen LogP contribution in [0.2, 0.25) is 0 Å². The Morgan fingerprint density at radius 2 is 2.15 bits per heavy atom. The lowest BCUT2D eigenvalue weighted by Gasteiger charge is -1.97. The van der Waals surface area contributed by atoms with Crippen molar-refractivity contribution < 1.29 is 4.39 Å². The minimum atomic E-state index is -0.242. The Morgan fingerprint density at radius 1 is 1.38 bits per heavy atom. The van der Waals surface area contributed by atoms with E-state index in [-0.39, 0.29) is 11.7 Å². The molecule has 0 aliphatic heterocycles. The molecule has 1 aromatic carbocycles. The number of hydrogen-bond donors (Lipinski definition) is 1. The van der Waals surface area contributed by atoms with Gasteiger partial charge in [-0.15, -0.1) is 35.6 Å². The maximum Gasteiger partial charge on any atom is 0.128 e. The van der Waals surface area contributed by atoms with Crippen LogP contribution in [-0.4, -0.2) is 0 Å². The van der Waals surface area contributed by atoms with Crippen molar-refractivity contribution in [1.82, 2.24) is 0 Å². The summed E-state index contributed by atoms with van der Waals surface area (Å²) in [5, 5.41) is 0.890. The van der Waals surface area contributed by atoms with Crippen molar-refractivity contribution in [3.8, 4) is 0 Å². The zero-order valence-electron chi connectivity index (χ0n) is 6.55. The van der Waals surface area contributed by atoms with E-state index in [1.54, 1.807) is 6.07 Å². The topological polar surface area (TPSA) is 0 Å². The molecule has 0 radical (unpaired) electrons. The van der Waals surface area contributed by atoms with Gasteiger partial charge in [-0.05, 0) is 23.6 Å². The van der Waals surface area contributed by atoms with Crippen LogP contribution in [0.15, 0.2) is 22.4 Å². The van der Waals surface area contributed by atoms with Crippen LogP contribution in [0.5, 0.6) is 0 Å². The van der Waals surface area contributed by atoms with Gasteiger partial charge in [0.05, 0.1) is 10.1 Å². The molecule has 0 aliphatic carbocycles. The van der Waals surface area contributed by atoms with Crippen LogP contribution in [0.3, 0.4) is 0 Å². The second-order valence-electron chi connectivity index (χ2n) is 2.70.